The molecule has 0 unspecified atom stereocenters. The molecule has 3 heteroatoms. The number of aliphatic hydroxyl groups excluding tert-OH is 1. The average molecular weight is 180 g/mol. The molecule has 0 bridgehead atoms. The van der Waals surface area contributed by atoms with Gasteiger partial charge in [0.2, 0.25) is 0 Å². The molecule has 1 fully saturated rings. The molecule has 0 saturated carbocycles. The minimum atomic E-state index is 0.0539. The molecule has 13 heavy (non-hydrogen) atoms. The van der Waals surface area contributed by atoms with Gasteiger partial charge in [-0.05, 0) is 17.7 Å². The average Bonchev–Trinajstić information content (AvgIpc) is 2.12. The van der Waals surface area contributed by atoms with Crippen LogP contribution in [0.3, 0.4) is 0 Å². The van der Waals surface area contributed by atoms with Gasteiger partial charge < -0.3 is 14.6 Å². The van der Waals surface area contributed by atoms with E-state index in [1.807, 2.05) is 24.3 Å². The van der Waals surface area contributed by atoms with Crippen molar-refractivity contribution >= 4 is 0 Å². The molecule has 1 saturated heterocycles. The molecule has 1 aliphatic rings. The quantitative estimate of drug-likeness (QED) is 0.752. The Bertz CT molecular complexity index is 281. The molecule has 0 radical (unpaired) electrons. The number of rotatable bonds is 3. The molecule has 1 aromatic carbocycles. The lowest BCUT2D eigenvalue weighted by molar-refractivity contribution is -0.0797. The fourth-order valence-corrected chi connectivity index (χ4v) is 1.19. The van der Waals surface area contributed by atoms with Crippen LogP contribution in [0.5, 0.6) is 5.75 Å². The summed E-state index contributed by atoms with van der Waals surface area (Å²) in [6, 6.07) is 7.47. The fourth-order valence-electron chi connectivity index (χ4n) is 1.19. The van der Waals surface area contributed by atoms with Crippen molar-refractivity contribution in [1.82, 2.24) is 0 Å². The number of ether oxygens (including phenoxy) is 2. The predicted molar refractivity (Wildman–Crippen MR) is 47.6 cm³/mol. The standard InChI is InChI=1S/C10H12O3/c11-5-8-2-1-3-9(4-8)13-10-6-12-7-10/h1-4,10-11H,5-7H2. The van der Waals surface area contributed by atoms with Crippen molar-refractivity contribution in [3.63, 3.8) is 0 Å². The Kier molecular flexibility index (Phi) is 2.47. The monoisotopic (exact) mass is 180 g/mol. The van der Waals surface area contributed by atoms with E-state index in [0.717, 1.165) is 11.3 Å². The van der Waals surface area contributed by atoms with E-state index in [1.165, 1.54) is 0 Å². The van der Waals surface area contributed by atoms with Gasteiger partial charge in [0.25, 0.3) is 0 Å². The molecule has 1 aromatic rings. The number of hydrogen-bond acceptors (Lipinski definition) is 3. The SMILES string of the molecule is OCc1cccc(OC2COC2)c1. The Morgan fingerprint density at radius 1 is 1.46 bits per heavy atom. The maximum Gasteiger partial charge on any atom is 0.145 e. The van der Waals surface area contributed by atoms with Crippen LogP contribution in [-0.2, 0) is 11.3 Å². The summed E-state index contributed by atoms with van der Waals surface area (Å²) in [5.41, 5.74) is 0.873. The van der Waals surface area contributed by atoms with Gasteiger partial charge in [0.05, 0.1) is 19.8 Å². The normalized spacial score (nSPS) is 16.7. The molecule has 1 heterocycles. The highest BCUT2D eigenvalue weighted by molar-refractivity contribution is 5.28. The molecule has 1 N–H and O–H groups in total. The number of aliphatic hydroxyl groups is 1. The van der Waals surface area contributed by atoms with Crippen LogP contribution in [0.4, 0.5) is 0 Å². The molecular weight excluding hydrogens is 168 g/mol. The van der Waals surface area contributed by atoms with Gasteiger partial charge in [-0.2, -0.15) is 0 Å². The molecule has 0 atom stereocenters. The molecule has 2 rings (SSSR count). The second-order valence-corrected chi connectivity index (χ2v) is 3.08. The van der Waals surface area contributed by atoms with Gasteiger partial charge in [-0.25, -0.2) is 0 Å². The van der Waals surface area contributed by atoms with Crippen LogP contribution < -0.4 is 4.74 Å². The van der Waals surface area contributed by atoms with E-state index in [0.29, 0.717) is 13.2 Å². The summed E-state index contributed by atoms with van der Waals surface area (Å²) in [7, 11) is 0. The van der Waals surface area contributed by atoms with Crippen LogP contribution in [0.15, 0.2) is 24.3 Å². The van der Waals surface area contributed by atoms with E-state index in [1.54, 1.807) is 0 Å². The molecule has 0 amide bonds. The molecule has 3 nitrogen and oxygen atoms in total. The van der Waals surface area contributed by atoms with Crippen LogP contribution in [0, 0.1) is 0 Å². The summed E-state index contributed by atoms with van der Waals surface area (Å²) in [6.07, 6.45) is 0.189. The Balaban J connectivity index is 2.01. The minimum absolute atomic E-state index is 0.0539. The first-order chi connectivity index (χ1) is 6.38. The largest absolute Gasteiger partial charge is 0.486 e. The van der Waals surface area contributed by atoms with Gasteiger partial charge in [0, 0.05) is 0 Å². The zero-order valence-corrected chi connectivity index (χ0v) is 7.27. The second-order valence-electron chi connectivity index (χ2n) is 3.08. The second kappa shape index (κ2) is 3.77. The Labute approximate surface area is 76.9 Å². The van der Waals surface area contributed by atoms with E-state index in [-0.39, 0.29) is 12.7 Å². The van der Waals surface area contributed by atoms with Crippen LogP contribution in [-0.4, -0.2) is 24.4 Å². The highest BCUT2D eigenvalue weighted by atomic mass is 16.6. The zero-order chi connectivity index (χ0) is 9.10. The molecule has 0 spiro atoms. The highest BCUT2D eigenvalue weighted by Gasteiger charge is 2.19. The first-order valence-electron chi connectivity index (χ1n) is 4.32. The summed E-state index contributed by atoms with van der Waals surface area (Å²) in [5.74, 6) is 0.805. The van der Waals surface area contributed by atoms with E-state index in [4.69, 9.17) is 14.6 Å². The highest BCUT2D eigenvalue weighted by Crippen LogP contribution is 2.17. The van der Waals surface area contributed by atoms with Gasteiger partial charge in [-0.3, -0.25) is 0 Å². The maximum atomic E-state index is 8.89. The van der Waals surface area contributed by atoms with Crippen molar-refractivity contribution in [2.75, 3.05) is 13.2 Å². The Morgan fingerprint density at radius 2 is 2.31 bits per heavy atom. The van der Waals surface area contributed by atoms with Crippen LogP contribution in [0.1, 0.15) is 5.56 Å². The predicted octanol–water partition coefficient (Wildman–Crippen LogP) is 0.956. The molecule has 0 aliphatic carbocycles. The first-order valence-corrected chi connectivity index (χ1v) is 4.32. The van der Waals surface area contributed by atoms with Crippen LogP contribution in [0.25, 0.3) is 0 Å². The minimum Gasteiger partial charge on any atom is -0.486 e. The van der Waals surface area contributed by atoms with Gasteiger partial charge in [-0.15, -0.1) is 0 Å². The van der Waals surface area contributed by atoms with E-state index in [2.05, 4.69) is 0 Å². The Hall–Kier alpha value is -1.06. The fraction of sp³-hybridized carbons (Fsp3) is 0.400. The van der Waals surface area contributed by atoms with Gasteiger partial charge in [0.1, 0.15) is 11.9 Å². The molecule has 1 aliphatic heterocycles. The van der Waals surface area contributed by atoms with Crippen molar-refractivity contribution in [2.45, 2.75) is 12.7 Å². The van der Waals surface area contributed by atoms with Crippen molar-refractivity contribution in [3.8, 4) is 5.75 Å². The third-order valence-electron chi connectivity index (χ3n) is 1.99. The lowest BCUT2D eigenvalue weighted by atomic mass is 10.2. The summed E-state index contributed by atoms with van der Waals surface area (Å²) in [6.45, 7) is 1.39. The summed E-state index contributed by atoms with van der Waals surface area (Å²) in [4.78, 5) is 0. The van der Waals surface area contributed by atoms with Crippen molar-refractivity contribution in [2.24, 2.45) is 0 Å². The van der Waals surface area contributed by atoms with Crippen molar-refractivity contribution in [3.05, 3.63) is 29.8 Å². The van der Waals surface area contributed by atoms with Crippen molar-refractivity contribution in [1.29, 1.82) is 0 Å². The third kappa shape index (κ3) is 1.99. The first kappa shape index (κ1) is 8.53. The van der Waals surface area contributed by atoms with Crippen LogP contribution in [0.2, 0.25) is 0 Å². The van der Waals surface area contributed by atoms with E-state index >= 15 is 0 Å². The van der Waals surface area contributed by atoms with Gasteiger partial charge in [0.15, 0.2) is 0 Å². The van der Waals surface area contributed by atoms with Crippen molar-refractivity contribution < 1.29 is 14.6 Å². The molecule has 70 valence electrons. The number of hydrogen-bond donors (Lipinski definition) is 1. The zero-order valence-electron chi connectivity index (χ0n) is 7.27. The smallest absolute Gasteiger partial charge is 0.145 e. The topological polar surface area (TPSA) is 38.7 Å². The maximum absolute atomic E-state index is 8.89. The summed E-state index contributed by atoms with van der Waals surface area (Å²) < 4.78 is 10.5. The van der Waals surface area contributed by atoms with E-state index < -0.39 is 0 Å². The van der Waals surface area contributed by atoms with Gasteiger partial charge >= 0.3 is 0 Å². The number of benzene rings is 1. The van der Waals surface area contributed by atoms with Crippen LogP contribution >= 0.6 is 0 Å². The lowest BCUT2D eigenvalue weighted by Gasteiger charge is -2.26. The summed E-state index contributed by atoms with van der Waals surface area (Å²) in [5, 5.41) is 8.89. The molecule has 0 aromatic heterocycles. The Morgan fingerprint density at radius 3 is 2.92 bits per heavy atom. The molecular formula is C10H12O3. The van der Waals surface area contributed by atoms with Gasteiger partial charge in [-0.1, -0.05) is 12.1 Å². The van der Waals surface area contributed by atoms with E-state index in [9.17, 15) is 0 Å². The lowest BCUT2D eigenvalue weighted by Crippen LogP contribution is -2.38. The third-order valence-corrected chi connectivity index (χ3v) is 1.99. The summed E-state index contributed by atoms with van der Waals surface area (Å²) >= 11 is 0.